The Balaban J connectivity index is 1.85. The van der Waals surface area contributed by atoms with Crippen molar-refractivity contribution in [1.29, 1.82) is 0 Å². The monoisotopic (exact) mass is 291 g/mol. The van der Waals surface area contributed by atoms with Gasteiger partial charge in [0.1, 0.15) is 12.4 Å². The average Bonchev–Trinajstić information content (AvgIpc) is 2.54. The van der Waals surface area contributed by atoms with Gasteiger partial charge in [-0.3, -0.25) is 9.69 Å². The summed E-state index contributed by atoms with van der Waals surface area (Å²) < 4.78 is 11.2. The minimum Gasteiger partial charge on any atom is -0.491 e. The molecular weight excluding hydrogens is 266 g/mol. The van der Waals surface area contributed by atoms with Gasteiger partial charge in [0.25, 0.3) is 0 Å². The lowest BCUT2D eigenvalue weighted by atomic mass is 10.0. The first-order valence-corrected chi connectivity index (χ1v) is 7.86. The molecule has 1 aliphatic rings. The zero-order chi connectivity index (χ0) is 14.9. The van der Waals surface area contributed by atoms with Crippen LogP contribution in [0.1, 0.15) is 36.5 Å². The molecule has 1 aromatic rings. The van der Waals surface area contributed by atoms with E-state index in [1.165, 1.54) is 0 Å². The highest BCUT2D eigenvalue weighted by atomic mass is 16.5. The van der Waals surface area contributed by atoms with E-state index in [4.69, 9.17) is 9.47 Å². The lowest BCUT2D eigenvalue weighted by molar-refractivity contribution is 0.0322. The number of carbonyl (C=O) groups is 1. The molecule has 21 heavy (non-hydrogen) atoms. The van der Waals surface area contributed by atoms with Crippen LogP contribution in [-0.4, -0.2) is 50.1 Å². The van der Waals surface area contributed by atoms with Gasteiger partial charge in [-0.25, -0.2) is 0 Å². The van der Waals surface area contributed by atoms with Crippen LogP contribution in [-0.2, 0) is 4.74 Å². The Bertz CT molecular complexity index is 441. The van der Waals surface area contributed by atoms with E-state index < -0.39 is 0 Å². The van der Waals surface area contributed by atoms with Crippen LogP contribution in [0.5, 0.6) is 5.75 Å². The first-order valence-electron chi connectivity index (χ1n) is 7.86. The third-order valence-corrected chi connectivity index (χ3v) is 3.71. The Morgan fingerprint density at radius 3 is 2.81 bits per heavy atom. The van der Waals surface area contributed by atoms with Crippen LogP contribution in [0.2, 0.25) is 0 Å². The highest BCUT2D eigenvalue weighted by Gasteiger charge is 2.13. The summed E-state index contributed by atoms with van der Waals surface area (Å²) in [6.45, 7) is 7.09. The maximum Gasteiger partial charge on any atom is 0.166 e. The number of unbranched alkanes of at least 4 members (excludes halogenated alkanes) is 1. The largest absolute Gasteiger partial charge is 0.491 e. The average molecular weight is 291 g/mol. The first-order chi connectivity index (χ1) is 10.3. The van der Waals surface area contributed by atoms with Crippen LogP contribution in [0.25, 0.3) is 0 Å². The molecule has 0 aromatic heterocycles. The fourth-order valence-electron chi connectivity index (χ4n) is 2.40. The molecule has 0 aliphatic carbocycles. The SMILES string of the molecule is CCCCC(=O)c1ccccc1OCCN1CCOCC1. The predicted molar refractivity (Wildman–Crippen MR) is 83.1 cm³/mol. The highest BCUT2D eigenvalue weighted by molar-refractivity contribution is 5.98. The van der Waals surface area contributed by atoms with Gasteiger partial charge in [-0.05, 0) is 18.6 Å². The van der Waals surface area contributed by atoms with Gasteiger partial charge in [0.15, 0.2) is 5.78 Å². The van der Waals surface area contributed by atoms with E-state index in [0.29, 0.717) is 24.3 Å². The Kier molecular flexibility index (Phi) is 6.70. The van der Waals surface area contributed by atoms with Crippen molar-refractivity contribution in [3.8, 4) is 5.75 Å². The van der Waals surface area contributed by atoms with Crippen molar-refractivity contribution in [3.63, 3.8) is 0 Å². The number of para-hydroxylation sites is 1. The molecule has 1 heterocycles. The second kappa shape index (κ2) is 8.80. The third kappa shape index (κ3) is 5.14. The van der Waals surface area contributed by atoms with Crippen LogP contribution in [0.15, 0.2) is 24.3 Å². The van der Waals surface area contributed by atoms with E-state index in [1.54, 1.807) is 0 Å². The molecule has 1 fully saturated rings. The Morgan fingerprint density at radius 2 is 2.05 bits per heavy atom. The summed E-state index contributed by atoms with van der Waals surface area (Å²) in [5.41, 5.74) is 0.716. The maximum atomic E-state index is 12.2. The molecule has 0 unspecified atom stereocenters. The fourth-order valence-corrected chi connectivity index (χ4v) is 2.40. The van der Waals surface area contributed by atoms with Crippen molar-refractivity contribution in [2.75, 3.05) is 39.5 Å². The molecule has 116 valence electrons. The van der Waals surface area contributed by atoms with E-state index >= 15 is 0 Å². The van der Waals surface area contributed by atoms with Crippen molar-refractivity contribution in [2.45, 2.75) is 26.2 Å². The molecular formula is C17H25NO3. The van der Waals surface area contributed by atoms with Crippen molar-refractivity contribution in [1.82, 2.24) is 4.90 Å². The number of nitrogens with zero attached hydrogens (tertiary/aromatic N) is 1. The number of ketones is 1. The topological polar surface area (TPSA) is 38.8 Å². The summed E-state index contributed by atoms with van der Waals surface area (Å²) in [6, 6.07) is 7.56. The summed E-state index contributed by atoms with van der Waals surface area (Å²) in [4.78, 5) is 14.5. The number of Topliss-reactive ketones (excluding diaryl/α,β-unsaturated/α-hetero) is 1. The summed E-state index contributed by atoms with van der Waals surface area (Å²) in [6.07, 6.45) is 2.56. The van der Waals surface area contributed by atoms with Crippen molar-refractivity contribution in [2.24, 2.45) is 0 Å². The summed E-state index contributed by atoms with van der Waals surface area (Å²) in [7, 11) is 0. The number of ether oxygens (including phenoxy) is 2. The molecule has 0 spiro atoms. The Hall–Kier alpha value is -1.39. The van der Waals surface area contributed by atoms with Gasteiger partial charge in [0.2, 0.25) is 0 Å². The van der Waals surface area contributed by atoms with Crippen molar-refractivity contribution < 1.29 is 14.3 Å². The van der Waals surface area contributed by atoms with Gasteiger partial charge >= 0.3 is 0 Å². The number of rotatable bonds is 8. The van der Waals surface area contributed by atoms with Gasteiger partial charge in [-0.1, -0.05) is 25.5 Å². The van der Waals surface area contributed by atoms with Gasteiger partial charge in [0.05, 0.1) is 18.8 Å². The van der Waals surface area contributed by atoms with Gasteiger partial charge in [0, 0.05) is 26.1 Å². The zero-order valence-corrected chi connectivity index (χ0v) is 12.8. The molecule has 0 N–H and O–H groups in total. The third-order valence-electron chi connectivity index (χ3n) is 3.71. The second-order valence-corrected chi connectivity index (χ2v) is 5.33. The van der Waals surface area contributed by atoms with E-state index in [2.05, 4.69) is 11.8 Å². The molecule has 4 nitrogen and oxygen atoms in total. The molecule has 0 bridgehead atoms. The highest BCUT2D eigenvalue weighted by Crippen LogP contribution is 2.20. The standard InChI is InChI=1S/C17H25NO3/c1-2-3-7-16(19)15-6-4-5-8-17(15)21-14-11-18-9-12-20-13-10-18/h4-6,8H,2-3,7,9-14H2,1H3. The number of morpholine rings is 1. The van der Waals surface area contributed by atoms with Crippen LogP contribution in [0.3, 0.4) is 0 Å². The van der Waals surface area contributed by atoms with Gasteiger partial charge < -0.3 is 9.47 Å². The number of hydrogen-bond donors (Lipinski definition) is 0. The summed E-state index contributed by atoms with van der Waals surface area (Å²) in [5.74, 6) is 0.894. The smallest absolute Gasteiger partial charge is 0.166 e. The molecule has 2 rings (SSSR count). The molecule has 0 radical (unpaired) electrons. The van der Waals surface area contributed by atoms with Gasteiger partial charge in [-0.2, -0.15) is 0 Å². The molecule has 0 saturated carbocycles. The van der Waals surface area contributed by atoms with Crippen LogP contribution < -0.4 is 4.74 Å². The van der Waals surface area contributed by atoms with Crippen LogP contribution in [0, 0.1) is 0 Å². The number of hydrogen-bond acceptors (Lipinski definition) is 4. The lowest BCUT2D eigenvalue weighted by Crippen LogP contribution is -2.38. The molecule has 0 atom stereocenters. The fraction of sp³-hybridized carbons (Fsp3) is 0.588. The van der Waals surface area contributed by atoms with Crippen molar-refractivity contribution in [3.05, 3.63) is 29.8 Å². The minimum atomic E-state index is 0.179. The van der Waals surface area contributed by atoms with Gasteiger partial charge in [-0.15, -0.1) is 0 Å². The Morgan fingerprint density at radius 1 is 1.29 bits per heavy atom. The summed E-state index contributed by atoms with van der Waals surface area (Å²) >= 11 is 0. The quantitative estimate of drug-likeness (QED) is 0.690. The second-order valence-electron chi connectivity index (χ2n) is 5.33. The number of carbonyl (C=O) groups excluding carboxylic acids is 1. The molecule has 4 heteroatoms. The summed E-state index contributed by atoms with van der Waals surface area (Å²) in [5, 5.41) is 0. The Labute approximate surface area is 127 Å². The van der Waals surface area contributed by atoms with E-state index in [1.807, 2.05) is 24.3 Å². The van der Waals surface area contributed by atoms with Crippen LogP contribution >= 0.6 is 0 Å². The number of benzene rings is 1. The van der Waals surface area contributed by atoms with E-state index in [0.717, 1.165) is 45.7 Å². The zero-order valence-electron chi connectivity index (χ0n) is 12.8. The maximum absolute atomic E-state index is 12.2. The first kappa shape index (κ1) is 16.0. The van der Waals surface area contributed by atoms with E-state index in [9.17, 15) is 4.79 Å². The van der Waals surface area contributed by atoms with Crippen LogP contribution in [0.4, 0.5) is 0 Å². The molecule has 1 aliphatic heterocycles. The lowest BCUT2D eigenvalue weighted by Gasteiger charge is -2.26. The normalized spacial score (nSPS) is 15.9. The van der Waals surface area contributed by atoms with E-state index in [-0.39, 0.29) is 5.78 Å². The molecule has 1 saturated heterocycles. The molecule has 1 aromatic carbocycles. The molecule has 0 amide bonds. The predicted octanol–water partition coefficient (Wildman–Crippen LogP) is 2.77. The minimum absolute atomic E-state index is 0.179. The van der Waals surface area contributed by atoms with Crippen molar-refractivity contribution >= 4 is 5.78 Å².